The number of unbranched alkanes of at least 4 members (excludes halogenated alkanes) is 3. The van der Waals surface area contributed by atoms with E-state index in [4.69, 9.17) is 4.74 Å². The highest BCUT2D eigenvalue weighted by molar-refractivity contribution is 5.83. The number of benzene rings is 1. The van der Waals surface area contributed by atoms with Crippen LogP contribution < -0.4 is 5.32 Å². The quantitative estimate of drug-likeness (QED) is 0.682. The molecule has 1 rings (SSSR count). The molecule has 0 aliphatic carbocycles. The van der Waals surface area contributed by atoms with E-state index >= 15 is 0 Å². The van der Waals surface area contributed by atoms with Gasteiger partial charge in [0.2, 0.25) is 0 Å². The fourth-order valence-corrected chi connectivity index (χ4v) is 2.11. The topological polar surface area (TPSA) is 75.6 Å². The third-order valence-electron chi connectivity index (χ3n) is 3.59. The average Bonchev–Trinajstić information content (AvgIpc) is 2.50. The van der Waals surface area contributed by atoms with E-state index in [1.807, 2.05) is 30.3 Å². The minimum Gasteiger partial charge on any atom is -0.480 e. The van der Waals surface area contributed by atoms with Crippen molar-refractivity contribution >= 4 is 12.1 Å². The zero-order valence-corrected chi connectivity index (χ0v) is 13.3. The largest absolute Gasteiger partial charge is 0.480 e. The standard InChI is InChI=1S/C17H25NO4/c1-3-4-5-9-12-17(2,15(19)20)18-16(21)22-13-14-10-7-6-8-11-14/h6-8,10-11H,3-5,9,12-13H2,1-2H3,(H,18,21)(H,19,20). The van der Waals surface area contributed by atoms with Gasteiger partial charge in [-0.3, -0.25) is 0 Å². The van der Waals surface area contributed by atoms with Gasteiger partial charge < -0.3 is 15.2 Å². The second-order valence-electron chi connectivity index (χ2n) is 5.63. The normalized spacial score (nSPS) is 13.2. The van der Waals surface area contributed by atoms with Crippen molar-refractivity contribution in [2.75, 3.05) is 0 Å². The highest BCUT2D eigenvalue weighted by Crippen LogP contribution is 2.16. The van der Waals surface area contributed by atoms with Crippen LogP contribution in [0.3, 0.4) is 0 Å². The van der Waals surface area contributed by atoms with Crippen LogP contribution in [0.1, 0.15) is 51.5 Å². The molecule has 0 heterocycles. The van der Waals surface area contributed by atoms with Crippen molar-refractivity contribution in [3.63, 3.8) is 0 Å². The van der Waals surface area contributed by atoms with Gasteiger partial charge in [-0.05, 0) is 18.9 Å². The molecule has 1 unspecified atom stereocenters. The van der Waals surface area contributed by atoms with Gasteiger partial charge in [0.25, 0.3) is 0 Å². The monoisotopic (exact) mass is 307 g/mol. The van der Waals surface area contributed by atoms with Crippen molar-refractivity contribution in [2.24, 2.45) is 0 Å². The van der Waals surface area contributed by atoms with Crippen molar-refractivity contribution in [1.82, 2.24) is 5.32 Å². The molecule has 0 aliphatic rings. The van der Waals surface area contributed by atoms with Crippen molar-refractivity contribution in [3.05, 3.63) is 35.9 Å². The molecule has 122 valence electrons. The molecule has 1 aromatic carbocycles. The number of nitrogens with one attached hydrogen (secondary N) is 1. The number of rotatable bonds is 9. The maximum atomic E-state index is 11.8. The van der Waals surface area contributed by atoms with Crippen LogP contribution in [0, 0.1) is 0 Å². The van der Waals surface area contributed by atoms with E-state index in [9.17, 15) is 14.7 Å². The molecule has 1 atom stereocenters. The van der Waals surface area contributed by atoms with Crippen molar-refractivity contribution in [2.45, 2.75) is 58.1 Å². The second-order valence-corrected chi connectivity index (χ2v) is 5.63. The maximum Gasteiger partial charge on any atom is 0.408 e. The highest BCUT2D eigenvalue weighted by atomic mass is 16.5. The Kier molecular flexibility index (Phi) is 7.43. The molecule has 0 aliphatic heterocycles. The fraction of sp³-hybridized carbons (Fsp3) is 0.529. The zero-order valence-electron chi connectivity index (χ0n) is 13.3. The molecular formula is C17H25NO4. The van der Waals surface area contributed by atoms with Gasteiger partial charge in [-0.2, -0.15) is 0 Å². The second kappa shape index (κ2) is 9.07. The predicted molar refractivity (Wildman–Crippen MR) is 84.6 cm³/mol. The zero-order chi connectivity index (χ0) is 16.4. The summed E-state index contributed by atoms with van der Waals surface area (Å²) < 4.78 is 5.09. The average molecular weight is 307 g/mol. The molecule has 0 saturated heterocycles. The minimum atomic E-state index is -1.29. The number of ether oxygens (including phenoxy) is 1. The Labute approximate surface area is 131 Å². The third-order valence-corrected chi connectivity index (χ3v) is 3.59. The molecule has 0 bridgehead atoms. The Morgan fingerprint density at radius 3 is 2.45 bits per heavy atom. The van der Waals surface area contributed by atoms with Crippen LogP contribution in [0.5, 0.6) is 0 Å². The van der Waals surface area contributed by atoms with E-state index in [0.29, 0.717) is 6.42 Å². The van der Waals surface area contributed by atoms with Gasteiger partial charge in [-0.1, -0.05) is 62.9 Å². The molecule has 5 heteroatoms. The first-order valence-corrected chi connectivity index (χ1v) is 7.70. The molecule has 0 saturated carbocycles. The van der Waals surface area contributed by atoms with Gasteiger partial charge >= 0.3 is 12.1 Å². The summed E-state index contributed by atoms with van der Waals surface area (Å²) in [5.41, 5.74) is -0.431. The summed E-state index contributed by atoms with van der Waals surface area (Å²) in [7, 11) is 0. The Hall–Kier alpha value is -2.04. The van der Waals surface area contributed by atoms with Crippen molar-refractivity contribution in [1.29, 1.82) is 0 Å². The van der Waals surface area contributed by atoms with Crippen LogP contribution in [-0.2, 0) is 16.1 Å². The smallest absolute Gasteiger partial charge is 0.408 e. The Bertz CT molecular complexity index is 475. The summed E-state index contributed by atoms with van der Waals surface area (Å²) in [4.78, 5) is 23.3. The van der Waals surface area contributed by atoms with Crippen LogP contribution in [0.4, 0.5) is 4.79 Å². The number of aliphatic carboxylic acids is 1. The van der Waals surface area contributed by atoms with Crippen LogP contribution in [0.15, 0.2) is 30.3 Å². The summed E-state index contributed by atoms with van der Waals surface area (Å²) in [6.07, 6.45) is 3.55. The molecule has 0 fully saturated rings. The van der Waals surface area contributed by atoms with Gasteiger partial charge in [0.15, 0.2) is 0 Å². The molecule has 1 amide bonds. The van der Waals surface area contributed by atoms with Crippen LogP contribution >= 0.6 is 0 Å². The van der Waals surface area contributed by atoms with Crippen molar-refractivity contribution in [3.8, 4) is 0 Å². The molecule has 0 radical (unpaired) electrons. The van der Waals surface area contributed by atoms with Gasteiger partial charge in [0.1, 0.15) is 12.1 Å². The van der Waals surface area contributed by atoms with Gasteiger partial charge in [0, 0.05) is 0 Å². The summed E-state index contributed by atoms with van der Waals surface area (Å²) in [6, 6.07) is 9.27. The van der Waals surface area contributed by atoms with Crippen LogP contribution in [0.25, 0.3) is 0 Å². The number of hydrogen-bond acceptors (Lipinski definition) is 3. The SMILES string of the molecule is CCCCCCC(C)(NC(=O)OCc1ccccc1)C(=O)O. The van der Waals surface area contributed by atoms with Gasteiger partial charge in [0.05, 0.1) is 0 Å². The number of hydrogen-bond donors (Lipinski definition) is 2. The summed E-state index contributed by atoms with van der Waals surface area (Å²) in [5.74, 6) is -1.04. The first-order valence-electron chi connectivity index (χ1n) is 7.70. The lowest BCUT2D eigenvalue weighted by molar-refractivity contribution is -0.144. The van der Waals surface area contributed by atoms with E-state index < -0.39 is 17.6 Å². The van der Waals surface area contributed by atoms with Gasteiger partial charge in [-0.15, -0.1) is 0 Å². The predicted octanol–water partition coefficient (Wildman–Crippen LogP) is 3.73. The lowest BCUT2D eigenvalue weighted by atomic mass is 9.94. The molecule has 2 N–H and O–H groups in total. The lowest BCUT2D eigenvalue weighted by Crippen LogP contribution is -2.52. The Balaban J connectivity index is 2.47. The Morgan fingerprint density at radius 2 is 1.86 bits per heavy atom. The summed E-state index contributed by atoms with van der Waals surface area (Å²) >= 11 is 0. The molecular weight excluding hydrogens is 282 g/mol. The molecule has 0 aromatic heterocycles. The van der Waals surface area contributed by atoms with E-state index in [-0.39, 0.29) is 6.61 Å². The van der Waals surface area contributed by atoms with Crippen LogP contribution in [-0.4, -0.2) is 22.7 Å². The molecule has 22 heavy (non-hydrogen) atoms. The number of carbonyl (C=O) groups excluding carboxylic acids is 1. The molecule has 5 nitrogen and oxygen atoms in total. The minimum absolute atomic E-state index is 0.123. The number of alkyl carbamates (subject to hydrolysis) is 1. The number of carboxylic acids is 1. The van der Waals surface area contributed by atoms with Gasteiger partial charge in [-0.25, -0.2) is 9.59 Å². The van der Waals surface area contributed by atoms with E-state index in [1.165, 1.54) is 6.92 Å². The molecule has 0 spiro atoms. The summed E-state index contributed by atoms with van der Waals surface area (Å²) in [5, 5.41) is 11.8. The van der Waals surface area contributed by atoms with E-state index in [1.54, 1.807) is 0 Å². The maximum absolute atomic E-state index is 11.8. The number of carbonyl (C=O) groups is 2. The molecule has 1 aromatic rings. The lowest BCUT2D eigenvalue weighted by Gasteiger charge is -2.25. The number of carboxylic acid groups (broad SMARTS) is 1. The van der Waals surface area contributed by atoms with Crippen molar-refractivity contribution < 1.29 is 19.4 Å². The number of amides is 1. The first-order chi connectivity index (χ1) is 10.5. The Morgan fingerprint density at radius 1 is 1.18 bits per heavy atom. The van der Waals surface area contributed by atoms with E-state index in [2.05, 4.69) is 12.2 Å². The van der Waals surface area contributed by atoms with Crippen LogP contribution in [0.2, 0.25) is 0 Å². The van der Waals surface area contributed by atoms with E-state index in [0.717, 1.165) is 31.2 Å². The fourth-order valence-electron chi connectivity index (χ4n) is 2.11. The third kappa shape index (κ3) is 6.16. The summed E-state index contributed by atoms with van der Waals surface area (Å²) in [6.45, 7) is 3.73. The highest BCUT2D eigenvalue weighted by Gasteiger charge is 2.34. The first kappa shape index (κ1) is 18.0.